The molecular weight excluding hydrogens is 250 g/mol. The molecule has 0 aliphatic heterocycles. The molecule has 1 aliphatic rings. The number of aryl methyl sites for hydroxylation is 2. The van der Waals surface area contributed by atoms with Gasteiger partial charge in [0.15, 0.2) is 0 Å². The molecule has 20 heavy (non-hydrogen) atoms. The van der Waals surface area contributed by atoms with Crippen LogP contribution in [0.4, 0.5) is 0 Å². The van der Waals surface area contributed by atoms with Crippen LogP contribution in [0.1, 0.15) is 49.8 Å². The van der Waals surface area contributed by atoms with Gasteiger partial charge in [-0.05, 0) is 36.3 Å². The van der Waals surface area contributed by atoms with E-state index in [-0.39, 0.29) is 6.04 Å². The molecule has 0 radical (unpaired) electrons. The number of H-pyrrole nitrogens is 1. The number of aromatic nitrogens is 4. The fourth-order valence-electron chi connectivity index (χ4n) is 3.27. The Kier molecular flexibility index (Phi) is 3.38. The molecule has 2 heterocycles. The van der Waals surface area contributed by atoms with Crippen LogP contribution in [0.5, 0.6) is 0 Å². The van der Waals surface area contributed by atoms with Gasteiger partial charge in [0.05, 0.1) is 0 Å². The van der Waals surface area contributed by atoms with Crippen molar-refractivity contribution in [1.29, 1.82) is 0 Å². The molecule has 1 aliphatic carbocycles. The van der Waals surface area contributed by atoms with Crippen LogP contribution in [0, 0.1) is 5.41 Å². The smallest absolute Gasteiger partial charge is 0.137 e. The summed E-state index contributed by atoms with van der Waals surface area (Å²) in [6.07, 6.45) is 7.93. The normalized spacial score (nSPS) is 20.9. The second kappa shape index (κ2) is 5.05. The van der Waals surface area contributed by atoms with Gasteiger partial charge in [-0.2, -0.15) is 5.10 Å². The molecule has 0 fully saturated rings. The van der Waals surface area contributed by atoms with Gasteiger partial charge < -0.3 is 10.3 Å². The van der Waals surface area contributed by atoms with E-state index in [1.54, 1.807) is 6.33 Å². The van der Waals surface area contributed by atoms with Crippen molar-refractivity contribution < 1.29 is 0 Å². The molecule has 2 aromatic rings. The number of hydrogen-bond donors (Lipinski definition) is 2. The number of hydrogen-bond acceptors (Lipinski definition) is 3. The van der Waals surface area contributed by atoms with Gasteiger partial charge in [-0.1, -0.05) is 13.8 Å². The molecule has 0 spiro atoms. The minimum atomic E-state index is 0.185. The van der Waals surface area contributed by atoms with Gasteiger partial charge in [0.2, 0.25) is 0 Å². The van der Waals surface area contributed by atoms with E-state index in [2.05, 4.69) is 45.9 Å². The first-order chi connectivity index (χ1) is 9.55. The van der Waals surface area contributed by atoms with Gasteiger partial charge in [0.1, 0.15) is 12.2 Å². The van der Waals surface area contributed by atoms with E-state index in [4.69, 9.17) is 5.73 Å². The van der Waals surface area contributed by atoms with Gasteiger partial charge in [-0.25, -0.2) is 4.98 Å². The van der Waals surface area contributed by atoms with Crippen LogP contribution in [0.25, 0.3) is 0 Å². The van der Waals surface area contributed by atoms with Crippen LogP contribution in [-0.2, 0) is 19.4 Å². The van der Waals surface area contributed by atoms with Gasteiger partial charge >= 0.3 is 0 Å². The van der Waals surface area contributed by atoms with Crippen LogP contribution >= 0.6 is 0 Å². The largest absolute Gasteiger partial charge is 0.351 e. The number of nitrogens with one attached hydrogen (secondary N) is 1. The number of fused-ring (bicyclic) bond motifs is 1. The van der Waals surface area contributed by atoms with Gasteiger partial charge in [-0.3, -0.25) is 5.10 Å². The van der Waals surface area contributed by atoms with E-state index in [9.17, 15) is 0 Å². The third kappa shape index (κ3) is 2.63. The van der Waals surface area contributed by atoms with Gasteiger partial charge in [0.25, 0.3) is 0 Å². The van der Waals surface area contributed by atoms with Crippen LogP contribution in [0.15, 0.2) is 18.6 Å². The fraction of sp³-hybridized carbons (Fsp3) is 0.600. The maximum Gasteiger partial charge on any atom is 0.137 e. The third-order valence-electron chi connectivity index (χ3n) is 4.21. The van der Waals surface area contributed by atoms with Crippen LogP contribution in [0.2, 0.25) is 0 Å². The van der Waals surface area contributed by atoms with Crippen molar-refractivity contribution >= 4 is 0 Å². The molecule has 0 bridgehead atoms. The standard InChI is InChI=1S/C15H23N5/c1-15(2)8-12(16)11-5-7-20(13(11)9-15)6-3-4-14-17-10-18-19-14/h5,7,10,12H,3-4,6,8-9,16H2,1-2H3,(H,17,18,19). The Bertz CT molecular complexity index is 567. The summed E-state index contributed by atoms with van der Waals surface area (Å²) < 4.78 is 2.37. The van der Waals surface area contributed by atoms with Crippen molar-refractivity contribution in [2.24, 2.45) is 11.1 Å². The maximum atomic E-state index is 6.30. The zero-order valence-corrected chi connectivity index (χ0v) is 12.3. The van der Waals surface area contributed by atoms with Crippen molar-refractivity contribution in [2.75, 3.05) is 0 Å². The highest BCUT2D eigenvalue weighted by atomic mass is 15.2. The summed E-state index contributed by atoms with van der Waals surface area (Å²) in [4.78, 5) is 4.16. The average molecular weight is 273 g/mol. The van der Waals surface area contributed by atoms with Gasteiger partial charge in [0, 0.05) is 30.9 Å². The molecule has 3 rings (SSSR count). The van der Waals surface area contributed by atoms with E-state index in [1.807, 2.05) is 0 Å². The fourth-order valence-corrected chi connectivity index (χ4v) is 3.27. The molecule has 3 N–H and O–H groups in total. The molecule has 0 amide bonds. The number of aromatic amines is 1. The van der Waals surface area contributed by atoms with Crippen LogP contribution < -0.4 is 5.73 Å². The zero-order chi connectivity index (χ0) is 14.2. The zero-order valence-electron chi connectivity index (χ0n) is 12.3. The topological polar surface area (TPSA) is 72.5 Å². The van der Waals surface area contributed by atoms with Crippen molar-refractivity contribution in [3.05, 3.63) is 35.7 Å². The molecule has 0 saturated heterocycles. The summed E-state index contributed by atoms with van der Waals surface area (Å²) in [5, 5.41) is 6.79. The number of rotatable bonds is 4. The molecule has 5 heteroatoms. The summed E-state index contributed by atoms with van der Waals surface area (Å²) in [6, 6.07) is 2.38. The first-order valence-electron chi connectivity index (χ1n) is 7.33. The highest BCUT2D eigenvalue weighted by Gasteiger charge is 2.32. The monoisotopic (exact) mass is 273 g/mol. The maximum absolute atomic E-state index is 6.30. The lowest BCUT2D eigenvalue weighted by Crippen LogP contribution is -2.30. The number of nitrogens with zero attached hydrogens (tertiary/aromatic N) is 3. The van der Waals surface area contributed by atoms with Crippen LogP contribution in [-0.4, -0.2) is 19.7 Å². The van der Waals surface area contributed by atoms with E-state index in [0.717, 1.165) is 38.1 Å². The Morgan fingerprint density at radius 1 is 1.50 bits per heavy atom. The summed E-state index contributed by atoms with van der Waals surface area (Å²) in [5.41, 5.74) is 9.36. The predicted octanol–water partition coefficient (Wildman–Crippen LogP) is 2.21. The summed E-state index contributed by atoms with van der Waals surface area (Å²) in [5.74, 6) is 0.961. The Morgan fingerprint density at radius 3 is 3.10 bits per heavy atom. The first-order valence-corrected chi connectivity index (χ1v) is 7.33. The quantitative estimate of drug-likeness (QED) is 0.897. The second-order valence-electron chi connectivity index (χ2n) is 6.60. The molecule has 108 valence electrons. The Balaban J connectivity index is 1.69. The Hall–Kier alpha value is -1.62. The minimum Gasteiger partial charge on any atom is -0.351 e. The van der Waals surface area contributed by atoms with E-state index in [0.29, 0.717) is 5.41 Å². The lowest BCUT2D eigenvalue weighted by molar-refractivity contribution is 0.275. The molecule has 1 unspecified atom stereocenters. The summed E-state index contributed by atoms with van der Waals surface area (Å²) in [6.45, 7) is 5.63. The second-order valence-corrected chi connectivity index (χ2v) is 6.60. The first kappa shape index (κ1) is 13.4. The van der Waals surface area contributed by atoms with E-state index < -0.39 is 0 Å². The SMILES string of the molecule is CC1(C)Cc2c(ccn2CCCc2ncn[nH]2)C(N)C1. The van der Waals surface area contributed by atoms with E-state index >= 15 is 0 Å². The molecule has 0 aromatic carbocycles. The Labute approximate surface area is 119 Å². The van der Waals surface area contributed by atoms with Gasteiger partial charge in [-0.15, -0.1) is 0 Å². The van der Waals surface area contributed by atoms with Crippen molar-refractivity contribution in [2.45, 2.75) is 52.1 Å². The van der Waals surface area contributed by atoms with Crippen molar-refractivity contribution in [1.82, 2.24) is 19.7 Å². The molecule has 5 nitrogen and oxygen atoms in total. The lowest BCUT2D eigenvalue weighted by Gasteiger charge is -2.34. The highest BCUT2D eigenvalue weighted by Crippen LogP contribution is 2.39. The van der Waals surface area contributed by atoms with Crippen molar-refractivity contribution in [3.63, 3.8) is 0 Å². The van der Waals surface area contributed by atoms with Crippen LogP contribution in [0.3, 0.4) is 0 Å². The Morgan fingerprint density at radius 2 is 2.35 bits per heavy atom. The third-order valence-corrected chi connectivity index (χ3v) is 4.21. The molecule has 2 aromatic heterocycles. The molecule has 1 atom stereocenters. The lowest BCUT2D eigenvalue weighted by atomic mass is 9.74. The van der Waals surface area contributed by atoms with Crippen molar-refractivity contribution in [3.8, 4) is 0 Å². The molecular formula is C15H23N5. The number of nitrogens with two attached hydrogens (primary N) is 1. The summed E-state index contributed by atoms with van der Waals surface area (Å²) in [7, 11) is 0. The summed E-state index contributed by atoms with van der Waals surface area (Å²) >= 11 is 0. The van der Waals surface area contributed by atoms with E-state index in [1.165, 1.54) is 11.3 Å². The minimum absolute atomic E-state index is 0.185. The highest BCUT2D eigenvalue weighted by molar-refractivity contribution is 5.30. The average Bonchev–Trinajstić information content (AvgIpc) is 2.98. The molecule has 0 saturated carbocycles. The predicted molar refractivity (Wildman–Crippen MR) is 78.2 cm³/mol.